The molecule has 1 aliphatic rings. The molecule has 4 nitrogen and oxygen atoms in total. The van der Waals surface area contributed by atoms with E-state index in [0.717, 1.165) is 12.1 Å². The highest BCUT2D eigenvalue weighted by Crippen LogP contribution is 2.27. The van der Waals surface area contributed by atoms with Crippen LogP contribution < -0.4 is 0 Å². The predicted octanol–water partition coefficient (Wildman–Crippen LogP) is 1.62. The zero-order valence-electron chi connectivity index (χ0n) is 9.51. The van der Waals surface area contributed by atoms with E-state index in [2.05, 4.69) is 0 Å². The minimum atomic E-state index is -3.79. The van der Waals surface area contributed by atoms with Crippen molar-refractivity contribution in [3.8, 4) is 0 Å². The minimum Gasteiger partial charge on any atom is -0.393 e. The van der Waals surface area contributed by atoms with Gasteiger partial charge in [-0.25, -0.2) is 12.8 Å². The molecule has 0 bridgehead atoms. The lowest BCUT2D eigenvalue weighted by Crippen LogP contribution is -2.40. The molecule has 2 rings (SSSR count). The van der Waals surface area contributed by atoms with Crippen LogP contribution >= 0.6 is 11.6 Å². The van der Waals surface area contributed by atoms with Crippen molar-refractivity contribution >= 4 is 21.6 Å². The smallest absolute Gasteiger partial charge is 0.244 e. The van der Waals surface area contributed by atoms with Crippen molar-refractivity contribution in [1.82, 2.24) is 4.31 Å². The van der Waals surface area contributed by atoms with Crippen molar-refractivity contribution in [2.45, 2.75) is 23.8 Å². The van der Waals surface area contributed by atoms with Crippen LogP contribution in [0.3, 0.4) is 0 Å². The molecule has 1 aromatic rings. The number of sulfonamides is 1. The van der Waals surface area contributed by atoms with E-state index >= 15 is 0 Å². The average Bonchev–Trinajstić information content (AvgIpc) is 2.32. The first-order valence-electron chi connectivity index (χ1n) is 5.54. The number of hydrogen-bond donors (Lipinski definition) is 1. The Morgan fingerprint density at radius 1 is 1.33 bits per heavy atom. The molecule has 0 spiro atoms. The summed E-state index contributed by atoms with van der Waals surface area (Å²) in [6.07, 6.45) is 0.289. The highest BCUT2D eigenvalue weighted by Gasteiger charge is 2.30. The number of hydrogen-bond acceptors (Lipinski definition) is 3. The van der Waals surface area contributed by atoms with Gasteiger partial charge in [0.05, 0.1) is 11.1 Å². The summed E-state index contributed by atoms with van der Waals surface area (Å²) in [5.74, 6) is -0.644. The summed E-state index contributed by atoms with van der Waals surface area (Å²) in [4.78, 5) is -0.222. The van der Waals surface area contributed by atoms with Crippen molar-refractivity contribution in [1.29, 1.82) is 0 Å². The molecule has 100 valence electrons. The van der Waals surface area contributed by atoms with Gasteiger partial charge in [0.2, 0.25) is 10.0 Å². The fourth-order valence-electron chi connectivity index (χ4n) is 1.90. The topological polar surface area (TPSA) is 57.6 Å². The quantitative estimate of drug-likeness (QED) is 0.901. The van der Waals surface area contributed by atoms with Crippen molar-refractivity contribution in [3.05, 3.63) is 29.0 Å². The molecule has 0 aromatic heterocycles. The van der Waals surface area contributed by atoms with Crippen LogP contribution in [-0.4, -0.2) is 37.0 Å². The van der Waals surface area contributed by atoms with Gasteiger partial charge in [-0.1, -0.05) is 11.6 Å². The van der Waals surface area contributed by atoms with Gasteiger partial charge in [0.1, 0.15) is 10.7 Å². The van der Waals surface area contributed by atoms with Crippen LogP contribution in [0.25, 0.3) is 0 Å². The van der Waals surface area contributed by atoms with Crippen LogP contribution in [0.4, 0.5) is 4.39 Å². The van der Waals surface area contributed by atoms with Crippen LogP contribution in [0.15, 0.2) is 23.1 Å². The van der Waals surface area contributed by atoms with Gasteiger partial charge in [0.25, 0.3) is 0 Å². The Morgan fingerprint density at radius 3 is 2.56 bits per heavy atom. The van der Waals surface area contributed by atoms with E-state index in [1.165, 1.54) is 10.4 Å². The highest BCUT2D eigenvalue weighted by molar-refractivity contribution is 7.89. The first-order chi connectivity index (χ1) is 8.41. The Balaban J connectivity index is 2.33. The van der Waals surface area contributed by atoms with Gasteiger partial charge < -0.3 is 5.11 Å². The predicted molar refractivity (Wildman–Crippen MR) is 65.4 cm³/mol. The SMILES string of the molecule is O=S(=O)(c1cc(F)ccc1Cl)N1CCC(O)CC1. The number of nitrogens with zero attached hydrogens (tertiary/aromatic N) is 1. The Kier molecular flexibility index (Phi) is 3.91. The van der Waals surface area contributed by atoms with Crippen LogP contribution in [0.1, 0.15) is 12.8 Å². The van der Waals surface area contributed by atoms with E-state index in [-0.39, 0.29) is 23.0 Å². The monoisotopic (exact) mass is 293 g/mol. The van der Waals surface area contributed by atoms with Gasteiger partial charge in [-0.2, -0.15) is 4.31 Å². The lowest BCUT2D eigenvalue weighted by atomic mass is 10.1. The number of aliphatic hydroxyl groups excluding tert-OH is 1. The van der Waals surface area contributed by atoms with Gasteiger partial charge in [-0.3, -0.25) is 0 Å². The third-order valence-electron chi connectivity index (χ3n) is 2.93. The van der Waals surface area contributed by atoms with Crippen LogP contribution in [0, 0.1) is 5.82 Å². The number of piperidine rings is 1. The number of aliphatic hydroxyl groups is 1. The number of halogens is 2. The highest BCUT2D eigenvalue weighted by atomic mass is 35.5. The molecule has 0 amide bonds. The molecule has 0 saturated carbocycles. The van der Waals surface area contributed by atoms with Gasteiger partial charge in [0, 0.05) is 13.1 Å². The number of benzene rings is 1. The molecule has 0 atom stereocenters. The Morgan fingerprint density at radius 2 is 1.94 bits per heavy atom. The fraction of sp³-hybridized carbons (Fsp3) is 0.455. The molecule has 0 aliphatic carbocycles. The average molecular weight is 294 g/mol. The summed E-state index contributed by atoms with van der Waals surface area (Å²) in [7, 11) is -3.79. The second kappa shape index (κ2) is 5.13. The molecule has 18 heavy (non-hydrogen) atoms. The first-order valence-corrected chi connectivity index (χ1v) is 7.36. The van der Waals surface area contributed by atoms with E-state index < -0.39 is 21.9 Å². The van der Waals surface area contributed by atoms with E-state index in [1.807, 2.05) is 0 Å². The summed E-state index contributed by atoms with van der Waals surface area (Å²) in [6.45, 7) is 0.437. The maximum absolute atomic E-state index is 13.1. The molecule has 1 N–H and O–H groups in total. The van der Waals surface area contributed by atoms with Gasteiger partial charge in [0.15, 0.2) is 0 Å². The van der Waals surface area contributed by atoms with E-state index in [4.69, 9.17) is 11.6 Å². The lowest BCUT2D eigenvalue weighted by Gasteiger charge is -2.28. The summed E-state index contributed by atoms with van der Waals surface area (Å²) < 4.78 is 38.9. The van der Waals surface area contributed by atoms with Crippen LogP contribution in [0.2, 0.25) is 5.02 Å². The van der Waals surface area contributed by atoms with Crippen molar-refractivity contribution in [2.24, 2.45) is 0 Å². The zero-order chi connectivity index (χ0) is 13.3. The molecular weight excluding hydrogens is 281 g/mol. The third-order valence-corrected chi connectivity index (χ3v) is 5.31. The second-order valence-corrected chi connectivity index (χ2v) is 6.52. The van der Waals surface area contributed by atoms with Gasteiger partial charge >= 0.3 is 0 Å². The fourth-order valence-corrected chi connectivity index (χ4v) is 3.85. The van der Waals surface area contributed by atoms with Crippen LogP contribution in [0.5, 0.6) is 0 Å². The van der Waals surface area contributed by atoms with Gasteiger partial charge in [-0.05, 0) is 31.0 Å². The summed E-state index contributed by atoms with van der Waals surface area (Å²) in [6, 6.07) is 3.26. The molecule has 0 unspecified atom stereocenters. The molecule has 1 aromatic carbocycles. The molecular formula is C11H13ClFNO3S. The maximum atomic E-state index is 13.1. The van der Waals surface area contributed by atoms with Crippen LogP contribution in [-0.2, 0) is 10.0 Å². The zero-order valence-corrected chi connectivity index (χ0v) is 11.1. The molecule has 0 radical (unpaired) electrons. The molecule has 7 heteroatoms. The van der Waals surface area contributed by atoms with Gasteiger partial charge in [-0.15, -0.1) is 0 Å². The number of rotatable bonds is 2. The van der Waals surface area contributed by atoms with E-state index in [1.54, 1.807) is 0 Å². The Bertz CT molecular complexity index is 541. The normalized spacial score (nSPS) is 19.1. The largest absolute Gasteiger partial charge is 0.393 e. The minimum absolute atomic E-state index is 0.00234. The lowest BCUT2D eigenvalue weighted by molar-refractivity contribution is 0.113. The Labute approximate surface area is 110 Å². The summed E-state index contributed by atoms with van der Waals surface area (Å²) in [5, 5.41) is 9.36. The molecule has 1 fully saturated rings. The summed E-state index contributed by atoms with van der Waals surface area (Å²) in [5.41, 5.74) is 0. The standard InChI is InChI=1S/C11H13ClFNO3S/c12-10-2-1-8(13)7-11(10)18(16,17)14-5-3-9(15)4-6-14/h1-2,7,9,15H,3-6H2. The van der Waals surface area contributed by atoms with Crippen molar-refractivity contribution in [3.63, 3.8) is 0 Å². The molecule has 1 heterocycles. The van der Waals surface area contributed by atoms with Crippen molar-refractivity contribution < 1.29 is 17.9 Å². The van der Waals surface area contributed by atoms with E-state index in [9.17, 15) is 17.9 Å². The third kappa shape index (κ3) is 2.66. The second-order valence-electron chi connectivity index (χ2n) is 4.21. The van der Waals surface area contributed by atoms with E-state index in [0.29, 0.717) is 12.8 Å². The molecule has 1 aliphatic heterocycles. The van der Waals surface area contributed by atoms with Crippen molar-refractivity contribution in [2.75, 3.05) is 13.1 Å². The Hall–Kier alpha value is -0.690. The maximum Gasteiger partial charge on any atom is 0.244 e. The summed E-state index contributed by atoms with van der Waals surface area (Å²) >= 11 is 5.81. The molecule has 1 saturated heterocycles. The first kappa shape index (κ1) is 13.7.